The maximum absolute atomic E-state index is 15.2. The van der Waals surface area contributed by atoms with Gasteiger partial charge in [-0.25, -0.2) is 0 Å². The molecule has 8 heterocycles. The molecule has 0 fully saturated rings. The van der Waals surface area contributed by atoms with Crippen LogP contribution in [0.1, 0.15) is 44.5 Å². The molecule has 0 bridgehead atoms. The summed E-state index contributed by atoms with van der Waals surface area (Å²) in [5, 5.41) is 28.9. The predicted octanol–water partition coefficient (Wildman–Crippen LogP) is 18.0. The monoisotopic (exact) mass is 2210 g/mol. The van der Waals surface area contributed by atoms with Gasteiger partial charge in [-0.1, -0.05) is 71.0 Å². The second kappa shape index (κ2) is 34.8. The quantitative estimate of drug-likeness (QED) is 0.127. The Morgan fingerprint density at radius 3 is 0.991 bits per heavy atom. The SMILES string of the molecule is CN1C=CN(Cc2[c-]c(N3C=CN(C)[CH-]3)ccc2)[CH-]1.CN1[CH-]N(c2[c-]c(N3[CH-]N(C)c4ccccc43)c(F)c(C#N)c2F)c2ccccc21.CN1[CH-]N(c2[c-]c(N3[CH-]N(C)c4ccccc43)cc(C#N)c2)c2ccccc21.Cc1cc2c(cc1C)N(c1[c-]c(N3[CH-]N(C)c4cc(C)c(C)cc43)cc(C#N)c1)[CH-]N2C.[Os].[Os].[Os].[Os]. The molecular formula is C88H77F2N19Os4-12. The van der Waals surface area contributed by atoms with Crippen molar-refractivity contribution in [3.63, 3.8) is 0 Å². The van der Waals surface area contributed by atoms with E-state index in [2.05, 4.69) is 206 Å². The molecule has 10 aromatic carbocycles. The molecule has 0 N–H and O–H groups in total. The Labute approximate surface area is 715 Å². The summed E-state index contributed by atoms with van der Waals surface area (Å²) in [4.78, 5) is 31.9. The Kier molecular flexibility index (Phi) is 25.6. The van der Waals surface area contributed by atoms with Crippen molar-refractivity contribution >= 4 is 108 Å². The summed E-state index contributed by atoms with van der Waals surface area (Å²) in [5.41, 5.74) is 23.2. The van der Waals surface area contributed by atoms with Crippen LogP contribution in [0.4, 0.5) is 117 Å². The van der Waals surface area contributed by atoms with Gasteiger partial charge in [-0.05, 0) is 210 Å². The van der Waals surface area contributed by atoms with Crippen molar-refractivity contribution in [2.24, 2.45) is 0 Å². The van der Waals surface area contributed by atoms with Crippen LogP contribution in [0.25, 0.3) is 0 Å². The fraction of sp³-hybridized carbons (Fsp3) is 0.148. The van der Waals surface area contributed by atoms with E-state index in [-0.39, 0.29) is 90.5 Å². The first kappa shape index (κ1) is 83.3. The third-order valence-electron chi connectivity index (χ3n) is 20.0. The minimum Gasteiger partial charge on any atom is -0.511 e. The number of benzene rings is 10. The summed E-state index contributed by atoms with van der Waals surface area (Å²) in [6.45, 7) is 25.0. The van der Waals surface area contributed by atoms with Crippen LogP contribution in [0, 0.1) is 151 Å². The average Bonchev–Trinajstić information content (AvgIpc) is 1.65. The normalized spacial score (nSPS) is 14.8. The molecule has 0 radical (unpaired) electrons. The van der Waals surface area contributed by atoms with Crippen LogP contribution < -0.4 is 63.7 Å². The molecule has 582 valence electrons. The first-order valence-electron chi connectivity index (χ1n) is 35.3. The molecule has 8 aliphatic rings. The zero-order valence-electron chi connectivity index (χ0n) is 63.9. The van der Waals surface area contributed by atoms with Gasteiger partial charge >= 0.3 is 0 Å². The molecular weight excluding hydrogens is 2120 g/mol. The van der Waals surface area contributed by atoms with E-state index >= 15 is 8.78 Å². The van der Waals surface area contributed by atoms with Crippen molar-refractivity contribution < 1.29 is 87.9 Å². The van der Waals surface area contributed by atoms with Crippen molar-refractivity contribution in [1.82, 2.24) is 14.7 Å². The van der Waals surface area contributed by atoms with Gasteiger partial charge in [-0.3, -0.25) is 8.78 Å². The number of hydrogen-bond donors (Lipinski definition) is 0. The third kappa shape index (κ3) is 16.4. The molecule has 0 aliphatic carbocycles. The zero-order chi connectivity index (χ0) is 76.2. The molecule has 25 heteroatoms. The summed E-state index contributed by atoms with van der Waals surface area (Å²) in [6, 6.07) is 73.7. The smallest absolute Gasteiger partial charge is 0.0784 e. The van der Waals surface area contributed by atoms with Crippen molar-refractivity contribution in [2.45, 2.75) is 34.2 Å². The molecule has 19 nitrogen and oxygen atoms in total. The van der Waals surface area contributed by atoms with Gasteiger partial charge < -0.3 is 78.4 Å². The number of nitriles is 3. The molecule has 0 spiro atoms. The van der Waals surface area contributed by atoms with E-state index in [1.165, 1.54) is 27.8 Å². The summed E-state index contributed by atoms with van der Waals surface area (Å²) in [5.74, 6) is -1.89. The van der Waals surface area contributed by atoms with Gasteiger partial charge in [0.05, 0.1) is 18.2 Å². The molecule has 0 aromatic heterocycles. The minimum atomic E-state index is -0.944. The van der Waals surface area contributed by atoms with Crippen molar-refractivity contribution in [3.8, 4) is 18.2 Å². The summed E-state index contributed by atoms with van der Waals surface area (Å²) in [7, 11) is 15.9. The topological polar surface area (TPSA) is 123 Å². The Balaban J connectivity index is 0.000000149. The number of anilines is 19. The van der Waals surface area contributed by atoms with E-state index in [0.717, 1.165) is 103 Å². The van der Waals surface area contributed by atoms with Crippen LogP contribution in [0.15, 0.2) is 189 Å². The number of nitrogens with zero attached hydrogens (tertiary/aromatic N) is 19. The Bertz CT molecular complexity index is 5160. The molecule has 18 rings (SSSR count). The van der Waals surface area contributed by atoms with Crippen LogP contribution in [0.3, 0.4) is 0 Å². The number of para-hydroxylation sites is 8. The minimum absolute atomic E-state index is 0. The molecule has 8 aliphatic heterocycles. The standard InChI is InChI=1S/C27H26N5.C23H16F2N5.C23H18N5.C15H17N4.4Os/c1-17-7-24-26(9-19(17)3)31(15-29(24)5)22-11-21(14-28)12-23(13-22)32-16-30(6)25-8-18(2)20(4)10-27(25)32;1-27-13-29(18-9-5-3-7-16(18)27)20-11-21(23(25)15(12-26)22(20)24)30-14-28(2)17-8-4-6-10-19(17)30;1-25-15-27(22-9-5-3-7-20(22)25)18-11-17(14-24)12-19(13-18)28-16-26(2)21-8-4-6-10-23(21)28;1-16-6-8-18(12-16)11-14-4-3-5-15(10-14)19-9-7-17(2)13-19;;;;/h7-12,15-16H,1-6H3;3-10,13-14H,1-2H3;3-12,15-16H,1-2H3;3-9,12-13H,11H2,1-2H3;;;;/q4*-3;;;;. The average molecular weight is 2200 g/mol. The van der Waals surface area contributed by atoms with E-state index in [9.17, 15) is 15.8 Å². The van der Waals surface area contributed by atoms with Crippen LogP contribution >= 0.6 is 0 Å². The number of aryl methyl sites for hydroxylation is 4. The molecule has 0 saturated carbocycles. The fourth-order valence-corrected chi connectivity index (χ4v) is 14.1. The fourth-order valence-electron chi connectivity index (χ4n) is 14.1. The van der Waals surface area contributed by atoms with Crippen molar-refractivity contribution in [2.75, 3.05) is 120 Å². The molecule has 0 saturated heterocycles. The predicted molar refractivity (Wildman–Crippen MR) is 432 cm³/mol. The molecule has 0 amide bonds. The maximum atomic E-state index is 15.2. The van der Waals surface area contributed by atoms with Gasteiger partial charge in [-0.15, -0.1) is 76.5 Å². The largest absolute Gasteiger partial charge is 0.511 e. The van der Waals surface area contributed by atoms with Gasteiger partial charge in [0.2, 0.25) is 0 Å². The Hall–Kier alpha value is -10.6. The van der Waals surface area contributed by atoms with E-state index in [1.807, 2.05) is 212 Å². The third-order valence-corrected chi connectivity index (χ3v) is 20.0. The first-order valence-corrected chi connectivity index (χ1v) is 35.3. The number of hydrogen-bond acceptors (Lipinski definition) is 19. The molecule has 10 aromatic rings. The van der Waals surface area contributed by atoms with E-state index in [4.69, 9.17) is 0 Å². The Morgan fingerprint density at radius 1 is 0.319 bits per heavy atom. The molecule has 0 unspecified atom stereocenters. The maximum Gasteiger partial charge on any atom is 0.0784 e. The number of fused-ring (bicyclic) bond motifs is 6. The molecule has 0 atom stereocenters. The van der Waals surface area contributed by atoms with Gasteiger partial charge in [0.25, 0.3) is 0 Å². The van der Waals surface area contributed by atoms with E-state index in [1.54, 1.807) is 29.2 Å². The van der Waals surface area contributed by atoms with Crippen LogP contribution in [0.2, 0.25) is 0 Å². The van der Waals surface area contributed by atoms with Gasteiger partial charge in [0.15, 0.2) is 0 Å². The van der Waals surface area contributed by atoms with Gasteiger partial charge in [-0.2, -0.15) is 93.4 Å². The van der Waals surface area contributed by atoms with Crippen molar-refractivity contribution in [3.05, 3.63) is 322 Å². The first-order chi connectivity index (χ1) is 52.6. The van der Waals surface area contributed by atoms with Gasteiger partial charge in [0.1, 0.15) is 0 Å². The van der Waals surface area contributed by atoms with Gasteiger partial charge in [0, 0.05) is 165 Å². The van der Waals surface area contributed by atoms with Crippen molar-refractivity contribution in [1.29, 1.82) is 15.8 Å². The Morgan fingerprint density at radius 2 is 0.646 bits per heavy atom. The second-order valence-corrected chi connectivity index (χ2v) is 27.6. The van der Waals surface area contributed by atoms with E-state index in [0.29, 0.717) is 11.1 Å². The summed E-state index contributed by atoms with van der Waals surface area (Å²) in [6.07, 6.45) is 8.16. The number of rotatable bonds is 9. The second-order valence-electron chi connectivity index (χ2n) is 27.6. The van der Waals surface area contributed by atoms with Crippen LogP contribution in [-0.2, 0) is 85.7 Å². The van der Waals surface area contributed by atoms with Crippen LogP contribution in [-0.4, -0.2) is 71.1 Å². The summed E-state index contributed by atoms with van der Waals surface area (Å²) >= 11 is 0. The van der Waals surface area contributed by atoms with E-state index < -0.39 is 17.2 Å². The number of halogens is 2. The summed E-state index contributed by atoms with van der Waals surface area (Å²) < 4.78 is 30.5. The molecule has 113 heavy (non-hydrogen) atoms. The van der Waals surface area contributed by atoms with Crippen LogP contribution in [0.5, 0.6) is 0 Å². The zero-order valence-corrected chi connectivity index (χ0v) is 74.1.